The molecule has 0 aromatic heterocycles. The molecule has 1 heterocycles. The van der Waals surface area contributed by atoms with Crippen LogP contribution in [0.15, 0.2) is 24.3 Å². The number of rotatable bonds is 10. The van der Waals surface area contributed by atoms with Crippen LogP contribution in [0.2, 0.25) is 5.32 Å². The molecule has 0 spiro atoms. The molecule has 0 aliphatic carbocycles. The number of unbranched alkanes of at least 4 members (excludes halogenated alkanes) is 3. The van der Waals surface area contributed by atoms with Crippen LogP contribution in [0.3, 0.4) is 0 Å². The van der Waals surface area contributed by atoms with Crippen LogP contribution in [-0.2, 0) is 0 Å². The summed E-state index contributed by atoms with van der Waals surface area (Å²) in [4.78, 5) is 14.7. The van der Waals surface area contributed by atoms with Gasteiger partial charge in [0, 0.05) is 0 Å². The molecule has 0 amide bonds. The van der Waals surface area contributed by atoms with Crippen molar-refractivity contribution in [3.05, 3.63) is 29.8 Å². The zero-order chi connectivity index (χ0) is 16.3. The van der Waals surface area contributed by atoms with Gasteiger partial charge in [-0.15, -0.1) is 0 Å². The van der Waals surface area contributed by atoms with E-state index in [4.69, 9.17) is 0 Å². The molecular weight excluding hydrogens is 349 g/mol. The topological polar surface area (TPSA) is 20.3 Å². The number of carbonyl (C=O) groups excluding carboxylic acids is 1. The maximum atomic E-state index is 12.3. The van der Waals surface area contributed by atoms with E-state index in [1.807, 2.05) is 12.1 Å². The SMILES string of the molecule is CCCCCC[Se]c1ccc(C(=O)CCN2CCCCC2)cc1. The van der Waals surface area contributed by atoms with E-state index < -0.39 is 0 Å². The Hall–Kier alpha value is -0.631. The first-order chi connectivity index (χ1) is 11.3. The molecule has 0 N–H and O–H groups in total. The fraction of sp³-hybridized carbons (Fsp3) is 0.650. The Morgan fingerprint density at radius 2 is 1.78 bits per heavy atom. The molecule has 0 atom stereocenters. The molecule has 2 nitrogen and oxygen atoms in total. The molecule has 1 aliphatic rings. The number of hydrogen-bond donors (Lipinski definition) is 0. The number of nitrogens with zero attached hydrogens (tertiary/aromatic N) is 1. The van der Waals surface area contributed by atoms with Crippen LogP contribution in [-0.4, -0.2) is 45.3 Å². The van der Waals surface area contributed by atoms with E-state index in [0.29, 0.717) is 27.2 Å². The molecular formula is C20H31NOSe. The number of piperidine rings is 1. The van der Waals surface area contributed by atoms with Gasteiger partial charge in [0.15, 0.2) is 0 Å². The number of carbonyl (C=O) groups is 1. The fourth-order valence-electron chi connectivity index (χ4n) is 3.04. The van der Waals surface area contributed by atoms with Crippen molar-refractivity contribution < 1.29 is 4.79 Å². The predicted octanol–water partition coefficient (Wildman–Crippen LogP) is 4.07. The van der Waals surface area contributed by atoms with Gasteiger partial charge in [-0.1, -0.05) is 0 Å². The van der Waals surface area contributed by atoms with Crippen LogP contribution in [0.25, 0.3) is 0 Å². The summed E-state index contributed by atoms with van der Waals surface area (Å²) in [7, 11) is 0. The van der Waals surface area contributed by atoms with Gasteiger partial charge < -0.3 is 0 Å². The molecule has 0 bridgehead atoms. The van der Waals surface area contributed by atoms with Crippen molar-refractivity contribution in [2.24, 2.45) is 0 Å². The molecule has 0 saturated carbocycles. The van der Waals surface area contributed by atoms with Gasteiger partial charge in [0.05, 0.1) is 0 Å². The summed E-state index contributed by atoms with van der Waals surface area (Å²) in [5.74, 6) is 0.303. The van der Waals surface area contributed by atoms with Gasteiger partial charge in [-0.05, 0) is 0 Å². The summed E-state index contributed by atoms with van der Waals surface area (Å²) in [6.07, 6.45) is 10.00. The molecule has 0 radical (unpaired) electrons. The monoisotopic (exact) mass is 381 g/mol. The van der Waals surface area contributed by atoms with Crippen molar-refractivity contribution in [1.29, 1.82) is 0 Å². The van der Waals surface area contributed by atoms with E-state index in [-0.39, 0.29) is 0 Å². The second kappa shape index (κ2) is 11.0. The van der Waals surface area contributed by atoms with Gasteiger partial charge >= 0.3 is 148 Å². The zero-order valence-corrected chi connectivity index (χ0v) is 16.3. The molecule has 1 fully saturated rings. The quantitative estimate of drug-likeness (QED) is 0.346. The number of Topliss-reactive ketones (excluding diaryl/α,β-unsaturated/α-hetero) is 1. The Morgan fingerprint density at radius 1 is 1.04 bits per heavy atom. The molecule has 128 valence electrons. The minimum atomic E-state index is 0.303. The van der Waals surface area contributed by atoms with Crippen molar-refractivity contribution in [2.45, 2.75) is 63.6 Å². The molecule has 0 unspecified atom stereocenters. The molecule has 3 heteroatoms. The number of ketones is 1. The summed E-state index contributed by atoms with van der Waals surface area (Å²) < 4.78 is 1.43. The summed E-state index contributed by atoms with van der Waals surface area (Å²) in [6, 6.07) is 8.44. The first-order valence-corrected chi connectivity index (χ1v) is 11.3. The Bertz CT molecular complexity index is 451. The van der Waals surface area contributed by atoms with Gasteiger partial charge in [-0.3, -0.25) is 0 Å². The Balaban J connectivity index is 1.69. The summed E-state index contributed by atoms with van der Waals surface area (Å²) >= 11 is 0.573. The summed E-state index contributed by atoms with van der Waals surface area (Å²) in [5.41, 5.74) is 0.896. The molecule has 1 aromatic carbocycles. The first-order valence-electron chi connectivity index (χ1n) is 9.28. The van der Waals surface area contributed by atoms with Crippen LogP contribution < -0.4 is 4.46 Å². The van der Waals surface area contributed by atoms with Crippen molar-refractivity contribution in [3.63, 3.8) is 0 Å². The van der Waals surface area contributed by atoms with E-state index in [1.165, 1.54) is 67.8 Å². The van der Waals surface area contributed by atoms with Gasteiger partial charge in [0.1, 0.15) is 0 Å². The Morgan fingerprint density at radius 3 is 2.48 bits per heavy atom. The molecule has 23 heavy (non-hydrogen) atoms. The number of likely N-dealkylation sites (tertiary alicyclic amines) is 1. The minimum absolute atomic E-state index is 0.303. The standard InChI is InChI=1S/C20H31NOSe/c1-2-3-4-8-17-23-19-11-9-18(10-12-19)20(22)13-16-21-14-6-5-7-15-21/h9-12H,2-8,13-17H2,1H3. The molecule has 1 aliphatic heterocycles. The maximum absolute atomic E-state index is 12.3. The van der Waals surface area contributed by atoms with Crippen molar-refractivity contribution in [1.82, 2.24) is 4.90 Å². The van der Waals surface area contributed by atoms with Crippen LogP contribution >= 0.6 is 0 Å². The van der Waals surface area contributed by atoms with Crippen LogP contribution in [0.4, 0.5) is 0 Å². The average molecular weight is 380 g/mol. The van der Waals surface area contributed by atoms with E-state index in [1.54, 1.807) is 0 Å². The fourth-order valence-corrected chi connectivity index (χ4v) is 4.96. The van der Waals surface area contributed by atoms with Crippen molar-refractivity contribution >= 4 is 25.2 Å². The number of hydrogen-bond acceptors (Lipinski definition) is 2. The number of benzene rings is 1. The Kier molecular flexibility index (Phi) is 8.96. The molecule has 1 saturated heterocycles. The van der Waals surface area contributed by atoms with E-state index in [2.05, 4.69) is 24.0 Å². The third-order valence-corrected chi connectivity index (χ3v) is 6.85. The van der Waals surface area contributed by atoms with Gasteiger partial charge in [-0.2, -0.15) is 0 Å². The second-order valence-corrected chi connectivity index (χ2v) is 8.96. The van der Waals surface area contributed by atoms with Gasteiger partial charge in [0.2, 0.25) is 0 Å². The normalized spacial score (nSPS) is 15.7. The van der Waals surface area contributed by atoms with Crippen molar-refractivity contribution in [3.8, 4) is 0 Å². The molecule has 1 aromatic rings. The van der Waals surface area contributed by atoms with Gasteiger partial charge in [-0.25, -0.2) is 0 Å². The first kappa shape index (κ1) is 18.7. The third kappa shape index (κ3) is 7.20. The van der Waals surface area contributed by atoms with Crippen molar-refractivity contribution in [2.75, 3.05) is 19.6 Å². The van der Waals surface area contributed by atoms with Crippen LogP contribution in [0.5, 0.6) is 0 Å². The Labute approximate surface area is 148 Å². The average Bonchev–Trinajstić information content (AvgIpc) is 2.61. The second-order valence-electron chi connectivity index (χ2n) is 6.51. The summed E-state index contributed by atoms with van der Waals surface area (Å²) in [5, 5.41) is 1.33. The molecule has 2 rings (SSSR count). The van der Waals surface area contributed by atoms with Gasteiger partial charge in [0.25, 0.3) is 0 Å². The van der Waals surface area contributed by atoms with E-state index >= 15 is 0 Å². The van der Waals surface area contributed by atoms with Crippen LogP contribution in [0, 0.1) is 0 Å². The van der Waals surface area contributed by atoms with E-state index in [0.717, 1.165) is 12.1 Å². The zero-order valence-electron chi connectivity index (χ0n) is 14.6. The predicted molar refractivity (Wildman–Crippen MR) is 100 cm³/mol. The van der Waals surface area contributed by atoms with E-state index in [9.17, 15) is 4.79 Å². The van der Waals surface area contributed by atoms with Crippen LogP contribution in [0.1, 0.15) is 68.6 Å². The third-order valence-electron chi connectivity index (χ3n) is 4.55. The summed E-state index contributed by atoms with van der Waals surface area (Å²) in [6.45, 7) is 5.54.